The summed E-state index contributed by atoms with van der Waals surface area (Å²) >= 11 is 0. The molecular weight excluding hydrogens is 184 g/mol. The predicted octanol–water partition coefficient (Wildman–Crippen LogP) is 2.39. The van der Waals surface area contributed by atoms with Crippen molar-refractivity contribution in [1.82, 2.24) is 10.2 Å². The molecule has 2 heteroatoms. The van der Waals surface area contributed by atoms with Crippen molar-refractivity contribution in [3.05, 3.63) is 0 Å². The van der Waals surface area contributed by atoms with Crippen molar-refractivity contribution in [2.75, 3.05) is 13.1 Å². The van der Waals surface area contributed by atoms with Crippen molar-refractivity contribution in [1.29, 1.82) is 0 Å². The van der Waals surface area contributed by atoms with E-state index in [0.29, 0.717) is 0 Å². The molecule has 0 aliphatic carbocycles. The van der Waals surface area contributed by atoms with Gasteiger partial charge in [0, 0.05) is 18.1 Å². The molecule has 2 saturated heterocycles. The Morgan fingerprint density at radius 3 is 2.80 bits per heavy atom. The van der Waals surface area contributed by atoms with Gasteiger partial charge in [0.1, 0.15) is 0 Å². The zero-order valence-electron chi connectivity index (χ0n) is 10.3. The second kappa shape index (κ2) is 5.31. The van der Waals surface area contributed by atoms with E-state index in [1.54, 1.807) is 0 Å². The normalized spacial score (nSPS) is 39.2. The van der Waals surface area contributed by atoms with E-state index < -0.39 is 0 Å². The molecule has 0 bridgehead atoms. The van der Waals surface area contributed by atoms with Crippen LogP contribution in [0.2, 0.25) is 0 Å². The quantitative estimate of drug-likeness (QED) is 0.753. The summed E-state index contributed by atoms with van der Waals surface area (Å²) in [5, 5.41) is 3.52. The molecule has 3 atom stereocenters. The molecule has 2 rings (SSSR count). The van der Waals surface area contributed by atoms with E-state index in [2.05, 4.69) is 24.1 Å². The summed E-state index contributed by atoms with van der Waals surface area (Å²) in [6.45, 7) is 7.23. The van der Waals surface area contributed by atoms with Gasteiger partial charge in [0.05, 0.1) is 0 Å². The second-order valence-corrected chi connectivity index (χ2v) is 5.27. The van der Waals surface area contributed by atoms with Crippen LogP contribution in [0.4, 0.5) is 0 Å². The van der Waals surface area contributed by atoms with Gasteiger partial charge in [0.15, 0.2) is 0 Å². The minimum absolute atomic E-state index is 0.832. The van der Waals surface area contributed by atoms with Crippen LogP contribution in [0.1, 0.15) is 52.4 Å². The van der Waals surface area contributed by atoms with Crippen LogP contribution in [0.3, 0.4) is 0 Å². The van der Waals surface area contributed by atoms with Crippen LogP contribution >= 0.6 is 0 Å². The lowest BCUT2D eigenvalue weighted by Gasteiger charge is -2.35. The fourth-order valence-corrected chi connectivity index (χ4v) is 3.46. The zero-order valence-corrected chi connectivity index (χ0v) is 10.3. The van der Waals surface area contributed by atoms with Gasteiger partial charge >= 0.3 is 0 Å². The van der Waals surface area contributed by atoms with Crippen LogP contribution in [-0.4, -0.2) is 36.1 Å². The fraction of sp³-hybridized carbons (Fsp3) is 1.00. The fourth-order valence-electron chi connectivity index (χ4n) is 3.46. The first-order chi connectivity index (χ1) is 7.33. The van der Waals surface area contributed by atoms with Gasteiger partial charge in [-0.1, -0.05) is 6.92 Å². The van der Waals surface area contributed by atoms with E-state index in [-0.39, 0.29) is 0 Å². The number of nitrogens with zero attached hydrogens (tertiary/aromatic N) is 1. The second-order valence-electron chi connectivity index (χ2n) is 5.27. The van der Waals surface area contributed by atoms with Crippen LogP contribution in [0.25, 0.3) is 0 Å². The maximum absolute atomic E-state index is 3.52. The van der Waals surface area contributed by atoms with Crippen LogP contribution in [-0.2, 0) is 0 Å². The summed E-state index contributed by atoms with van der Waals surface area (Å²) in [4.78, 5) is 2.84. The average Bonchev–Trinajstić information content (AvgIpc) is 2.48. The summed E-state index contributed by atoms with van der Waals surface area (Å²) in [6.07, 6.45) is 8.33. The molecule has 0 aromatic heterocycles. The van der Waals surface area contributed by atoms with E-state index in [1.165, 1.54) is 51.6 Å². The Hall–Kier alpha value is -0.0800. The molecule has 0 saturated carbocycles. The number of hydrogen-bond donors (Lipinski definition) is 1. The summed E-state index contributed by atoms with van der Waals surface area (Å²) in [5.41, 5.74) is 0. The van der Waals surface area contributed by atoms with Crippen molar-refractivity contribution < 1.29 is 0 Å². The number of rotatable bonds is 2. The Morgan fingerprint density at radius 1 is 1.13 bits per heavy atom. The van der Waals surface area contributed by atoms with Crippen molar-refractivity contribution in [3.63, 3.8) is 0 Å². The van der Waals surface area contributed by atoms with Gasteiger partial charge in [-0.15, -0.1) is 0 Å². The number of nitrogens with one attached hydrogen (secondary N) is 1. The molecule has 0 amide bonds. The minimum Gasteiger partial charge on any atom is -0.317 e. The average molecular weight is 210 g/mol. The lowest BCUT2D eigenvalue weighted by Crippen LogP contribution is -2.43. The van der Waals surface area contributed by atoms with Gasteiger partial charge in [-0.2, -0.15) is 0 Å². The summed E-state index contributed by atoms with van der Waals surface area (Å²) in [7, 11) is 0. The Bertz CT molecular complexity index is 185. The molecule has 1 N–H and O–H groups in total. The van der Waals surface area contributed by atoms with Gasteiger partial charge in [0.25, 0.3) is 0 Å². The van der Waals surface area contributed by atoms with Crippen LogP contribution < -0.4 is 5.32 Å². The Morgan fingerprint density at radius 2 is 2.00 bits per heavy atom. The first-order valence-corrected chi connectivity index (χ1v) is 6.81. The van der Waals surface area contributed by atoms with E-state index in [1.807, 2.05) is 0 Å². The molecule has 2 nitrogen and oxygen atoms in total. The first-order valence-electron chi connectivity index (χ1n) is 6.81. The number of likely N-dealkylation sites (tertiary alicyclic amines) is 1. The van der Waals surface area contributed by atoms with Gasteiger partial charge in [-0.3, -0.25) is 4.90 Å². The highest BCUT2D eigenvalue weighted by molar-refractivity contribution is 4.90. The molecule has 88 valence electrons. The molecule has 15 heavy (non-hydrogen) atoms. The van der Waals surface area contributed by atoms with Gasteiger partial charge in [-0.05, 0) is 58.5 Å². The lowest BCUT2D eigenvalue weighted by molar-refractivity contribution is 0.122. The van der Waals surface area contributed by atoms with Gasteiger partial charge in [-0.25, -0.2) is 0 Å². The molecule has 2 fully saturated rings. The third-order valence-electron chi connectivity index (χ3n) is 4.29. The van der Waals surface area contributed by atoms with Crippen LogP contribution in [0.15, 0.2) is 0 Å². The Balaban J connectivity index is 1.99. The third kappa shape index (κ3) is 2.54. The standard InChI is InChI=1S/C13H26N2/c1-3-12-7-6-11(2)15(12)13-5-4-9-14-10-8-13/h11-14H,3-10H2,1-2H3. The van der Waals surface area contributed by atoms with Gasteiger partial charge in [0.2, 0.25) is 0 Å². The van der Waals surface area contributed by atoms with Crippen molar-refractivity contribution in [3.8, 4) is 0 Å². The van der Waals surface area contributed by atoms with E-state index >= 15 is 0 Å². The van der Waals surface area contributed by atoms with Crippen molar-refractivity contribution in [2.24, 2.45) is 0 Å². The van der Waals surface area contributed by atoms with E-state index in [0.717, 1.165) is 18.1 Å². The monoisotopic (exact) mass is 210 g/mol. The molecule has 2 aliphatic heterocycles. The SMILES string of the molecule is CCC1CCC(C)N1C1CCCNCC1. The summed E-state index contributed by atoms with van der Waals surface area (Å²) in [6, 6.07) is 2.57. The largest absolute Gasteiger partial charge is 0.317 e. The molecule has 2 aliphatic rings. The summed E-state index contributed by atoms with van der Waals surface area (Å²) in [5.74, 6) is 0. The van der Waals surface area contributed by atoms with Crippen molar-refractivity contribution >= 4 is 0 Å². The Labute approximate surface area is 94.4 Å². The maximum atomic E-state index is 3.52. The number of hydrogen-bond acceptors (Lipinski definition) is 2. The topological polar surface area (TPSA) is 15.3 Å². The first kappa shape index (κ1) is 11.4. The molecule has 0 radical (unpaired) electrons. The highest BCUT2D eigenvalue weighted by Crippen LogP contribution is 2.31. The smallest absolute Gasteiger partial charge is 0.0114 e. The van der Waals surface area contributed by atoms with Crippen LogP contribution in [0, 0.1) is 0 Å². The molecular formula is C13H26N2. The summed E-state index contributed by atoms with van der Waals surface area (Å²) < 4.78 is 0. The highest BCUT2D eigenvalue weighted by atomic mass is 15.2. The maximum Gasteiger partial charge on any atom is 0.0114 e. The molecule has 2 heterocycles. The minimum atomic E-state index is 0.832. The van der Waals surface area contributed by atoms with Crippen molar-refractivity contribution in [2.45, 2.75) is 70.5 Å². The predicted molar refractivity (Wildman–Crippen MR) is 65.1 cm³/mol. The Kier molecular flexibility index (Phi) is 4.04. The molecule has 0 aromatic carbocycles. The molecule has 3 unspecified atom stereocenters. The van der Waals surface area contributed by atoms with E-state index in [4.69, 9.17) is 0 Å². The molecule has 0 spiro atoms. The highest BCUT2D eigenvalue weighted by Gasteiger charge is 2.34. The zero-order chi connectivity index (χ0) is 10.7. The van der Waals surface area contributed by atoms with Gasteiger partial charge < -0.3 is 5.32 Å². The molecule has 0 aromatic rings. The van der Waals surface area contributed by atoms with E-state index in [9.17, 15) is 0 Å². The van der Waals surface area contributed by atoms with Crippen LogP contribution in [0.5, 0.6) is 0 Å². The third-order valence-corrected chi connectivity index (χ3v) is 4.29. The lowest BCUT2D eigenvalue weighted by atomic mass is 10.0.